The number of aliphatic carboxylic acids is 1. The summed E-state index contributed by atoms with van der Waals surface area (Å²) >= 11 is 5.71. The van der Waals surface area contributed by atoms with Crippen molar-refractivity contribution in [1.29, 1.82) is 0 Å². The molecule has 1 saturated carbocycles. The highest BCUT2D eigenvalue weighted by atomic mass is 35.5. The van der Waals surface area contributed by atoms with Crippen molar-refractivity contribution in [2.24, 2.45) is 5.92 Å². The molecule has 2 rings (SSSR count). The standard InChI is InChI=1S/C12H13ClFNO2/c13-9-3-8(4-10(14)5-9)11(12(16)17)15-6-7-1-2-7/h3-5,7,11,15H,1-2,6H2,(H,16,17). The minimum absolute atomic E-state index is 0.208. The lowest BCUT2D eigenvalue weighted by molar-refractivity contribution is -0.139. The van der Waals surface area contributed by atoms with Crippen LogP contribution in [-0.2, 0) is 4.79 Å². The predicted octanol–water partition coefficient (Wildman–Crippen LogP) is 2.60. The number of benzene rings is 1. The van der Waals surface area contributed by atoms with Crippen LogP contribution < -0.4 is 5.32 Å². The molecule has 92 valence electrons. The van der Waals surface area contributed by atoms with E-state index in [9.17, 15) is 9.18 Å². The van der Waals surface area contributed by atoms with E-state index in [1.807, 2.05) is 0 Å². The summed E-state index contributed by atoms with van der Waals surface area (Å²) in [5.74, 6) is -0.986. The van der Waals surface area contributed by atoms with Gasteiger partial charge in [-0.2, -0.15) is 0 Å². The van der Waals surface area contributed by atoms with Gasteiger partial charge in [-0.15, -0.1) is 0 Å². The summed E-state index contributed by atoms with van der Waals surface area (Å²) in [6, 6.07) is 2.93. The SMILES string of the molecule is O=C(O)C(NCC1CC1)c1cc(F)cc(Cl)c1. The fourth-order valence-electron chi connectivity index (χ4n) is 1.70. The number of carbonyl (C=O) groups is 1. The van der Waals surface area contributed by atoms with Crippen LogP contribution in [0.5, 0.6) is 0 Å². The average molecular weight is 258 g/mol. The molecule has 1 aromatic carbocycles. The third kappa shape index (κ3) is 3.41. The zero-order valence-electron chi connectivity index (χ0n) is 9.12. The number of carboxylic acid groups (broad SMARTS) is 1. The molecule has 1 fully saturated rings. The van der Waals surface area contributed by atoms with Gasteiger partial charge in [0.25, 0.3) is 0 Å². The first-order valence-corrected chi connectivity index (χ1v) is 5.86. The molecular weight excluding hydrogens is 245 g/mol. The smallest absolute Gasteiger partial charge is 0.325 e. The molecule has 17 heavy (non-hydrogen) atoms. The first kappa shape index (κ1) is 12.3. The van der Waals surface area contributed by atoms with Crippen molar-refractivity contribution < 1.29 is 14.3 Å². The Morgan fingerprint density at radius 1 is 1.53 bits per heavy atom. The maximum atomic E-state index is 13.2. The van der Waals surface area contributed by atoms with Crippen LogP contribution in [0.15, 0.2) is 18.2 Å². The van der Waals surface area contributed by atoms with Crippen molar-refractivity contribution in [3.05, 3.63) is 34.6 Å². The summed E-state index contributed by atoms with van der Waals surface area (Å²) in [5.41, 5.74) is 0.350. The van der Waals surface area contributed by atoms with E-state index < -0.39 is 17.8 Å². The van der Waals surface area contributed by atoms with E-state index >= 15 is 0 Å². The summed E-state index contributed by atoms with van der Waals surface area (Å²) in [7, 11) is 0. The third-order valence-corrected chi connectivity index (χ3v) is 2.99. The van der Waals surface area contributed by atoms with Gasteiger partial charge in [0.2, 0.25) is 0 Å². The van der Waals surface area contributed by atoms with Crippen molar-refractivity contribution in [2.45, 2.75) is 18.9 Å². The lowest BCUT2D eigenvalue weighted by atomic mass is 10.1. The van der Waals surface area contributed by atoms with Gasteiger partial charge in [0.15, 0.2) is 0 Å². The van der Waals surface area contributed by atoms with Gasteiger partial charge in [-0.05, 0) is 49.1 Å². The van der Waals surface area contributed by atoms with E-state index in [1.54, 1.807) is 0 Å². The number of hydrogen-bond acceptors (Lipinski definition) is 2. The zero-order valence-corrected chi connectivity index (χ0v) is 9.88. The van der Waals surface area contributed by atoms with Crippen LogP contribution in [-0.4, -0.2) is 17.6 Å². The molecular formula is C12H13ClFNO2. The van der Waals surface area contributed by atoms with Crippen LogP contribution in [0, 0.1) is 11.7 Å². The molecule has 1 aromatic rings. The monoisotopic (exact) mass is 257 g/mol. The van der Waals surface area contributed by atoms with Crippen molar-refractivity contribution in [1.82, 2.24) is 5.32 Å². The van der Waals surface area contributed by atoms with E-state index in [-0.39, 0.29) is 5.02 Å². The van der Waals surface area contributed by atoms with Crippen LogP contribution in [0.25, 0.3) is 0 Å². The molecule has 0 spiro atoms. The van der Waals surface area contributed by atoms with Crippen molar-refractivity contribution >= 4 is 17.6 Å². The van der Waals surface area contributed by atoms with Gasteiger partial charge in [0, 0.05) is 5.02 Å². The molecule has 1 atom stereocenters. The fraction of sp³-hybridized carbons (Fsp3) is 0.417. The highest BCUT2D eigenvalue weighted by Gasteiger charge is 2.26. The molecule has 0 amide bonds. The van der Waals surface area contributed by atoms with Crippen molar-refractivity contribution in [3.63, 3.8) is 0 Å². The Labute approximate surface area is 104 Å². The first-order chi connectivity index (χ1) is 8.06. The molecule has 0 aromatic heterocycles. The number of rotatable bonds is 5. The lowest BCUT2D eigenvalue weighted by Crippen LogP contribution is -2.30. The topological polar surface area (TPSA) is 49.3 Å². The summed E-state index contributed by atoms with van der Waals surface area (Å²) in [5, 5.41) is 12.2. The van der Waals surface area contributed by atoms with Gasteiger partial charge in [-0.25, -0.2) is 4.39 Å². The zero-order chi connectivity index (χ0) is 12.4. The molecule has 0 aliphatic heterocycles. The highest BCUT2D eigenvalue weighted by molar-refractivity contribution is 6.30. The lowest BCUT2D eigenvalue weighted by Gasteiger charge is -2.15. The molecule has 5 heteroatoms. The maximum Gasteiger partial charge on any atom is 0.325 e. The van der Waals surface area contributed by atoms with E-state index in [0.29, 0.717) is 18.0 Å². The molecule has 3 nitrogen and oxygen atoms in total. The second-order valence-electron chi connectivity index (χ2n) is 4.33. The van der Waals surface area contributed by atoms with Gasteiger partial charge in [-0.3, -0.25) is 4.79 Å². The number of nitrogens with one attached hydrogen (secondary N) is 1. The fourth-order valence-corrected chi connectivity index (χ4v) is 1.93. The molecule has 1 aliphatic carbocycles. The first-order valence-electron chi connectivity index (χ1n) is 5.48. The Hall–Kier alpha value is -1.13. The second kappa shape index (κ2) is 5.02. The number of hydrogen-bond donors (Lipinski definition) is 2. The molecule has 1 aliphatic rings. The number of halogens is 2. The van der Waals surface area contributed by atoms with Gasteiger partial charge in [-0.1, -0.05) is 11.6 Å². The molecule has 2 N–H and O–H groups in total. The average Bonchev–Trinajstić information content (AvgIpc) is 2.99. The summed E-state index contributed by atoms with van der Waals surface area (Å²) in [6.45, 7) is 0.644. The Morgan fingerprint density at radius 3 is 2.76 bits per heavy atom. The second-order valence-corrected chi connectivity index (χ2v) is 4.76. The van der Waals surface area contributed by atoms with Gasteiger partial charge in [0.05, 0.1) is 0 Å². The minimum atomic E-state index is -1.02. The van der Waals surface area contributed by atoms with Crippen LogP contribution in [0.3, 0.4) is 0 Å². The maximum absolute atomic E-state index is 13.2. The van der Waals surface area contributed by atoms with E-state index in [0.717, 1.165) is 18.9 Å². The van der Waals surface area contributed by atoms with Crippen LogP contribution in [0.4, 0.5) is 4.39 Å². The van der Waals surface area contributed by atoms with Gasteiger partial charge in [0.1, 0.15) is 11.9 Å². The van der Waals surface area contributed by atoms with Crippen LogP contribution >= 0.6 is 11.6 Å². The van der Waals surface area contributed by atoms with Crippen LogP contribution in [0.2, 0.25) is 5.02 Å². The van der Waals surface area contributed by atoms with Gasteiger partial charge >= 0.3 is 5.97 Å². The molecule has 1 unspecified atom stereocenters. The Kier molecular flexibility index (Phi) is 3.64. The van der Waals surface area contributed by atoms with E-state index in [4.69, 9.17) is 16.7 Å². The summed E-state index contributed by atoms with van der Waals surface area (Å²) in [4.78, 5) is 11.1. The molecule has 0 heterocycles. The Balaban J connectivity index is 2.14. The summed E-state index contributed by atoms with van der Waals surface area (Å²) < 4.78 is 13.2. The van der Waals surface area contributed by atoms with E-state index in [2.05, 4.69) is 5.32 Å². The molecule has 0 bridgehead atoms. The quantitative estimate of drug-likeness (QED) is 0.853. The highest BCUT2D eigenvalue weighted by Crippen LogP contribution is 2.29. The molecule has 0 saturated heterocycles. The third-order valence-electron chi connectivity index (χ3n) is 2.77. The van der Waals surface area contributed by atoms with Gasteiger partial charge < -0.3 is 10.4 Å². The van der Waals surface area contributed by atoms with Crippen molar-refractivity contribution in [3.8, 4) is 0 Å². The summed E-state index contributed by atoms with van der Waals surface area (Å²) in [6.07, 6.45) is 2.26. The predicted molar refractivity (Wildman–Crippen MR) is 62.5 cm³/mol. The van der Waals surface area contributed by atoms with E-state index in [1.165, 1.54) is 12.1 Å². The van der Waals surface area contributed by atoms with Crippen molar-refractivity contribution in [2.75, 3.05) is 6.54 Å². The largest absolute Gasteiger partial charge is 0.480 e. The Morgan fingerprint density at radius 2 is 2.24 bits per heavy atom. The van der Waals surface area contributed by atoms with Crippen LogP contribution in [0.1, 0.15) is 24.4 Å². The Bertz CT molecular complexity index is 414. The number of carboxylic acids is 1. The minimum Gasteiger partial charge on any atom is -0.480 e. The molecule has 0 radical (unpaired) electrons. The normalized spacial score (nSPS) is 16.8.